The molecule has 0 spiro atoms. The molecule has 0 aromatic carbocycles. The summed E-state index contributed by atoms with van der Waals surface area (Å²) >= 11 is 0. The van der Waals surface area contributed by atoms with E-state index in [-0.39, 0.29) is 0 Å². The molecule has 1 rings (SSSR count). The summed E-state index contributed by atoms with van der Waals surface area (Å²) in [5.41, 5.74) is 0.523. The lowest BCUT2D eigenvalue weighted by atomic mass is 10.1. The molecule has 0 aliphatic heterocycles. The van der Waals surface area contributed by atoms with Crippen LogP contribution in [0.2, 0.25) is 0 Å². The Morgan fingerprint density at radius 2 is 1.82 bits per heavy atom. The van der Waals surface area contributed by atoms with E-state index in [1.807, 2.05) is 13.8 Å². The van der Waals surface area contributed by atoms with E-state index in [1.165, 1.54) is 6.08 Å². The van der Waals surface area contributed by atoms with Crippen LogP contribution >= 0.6 is 0 Å². The smallest absolute Gasteiger partial charge is 0.157 e. The van der Waals surface area contributed by atoms with Gasteiger partial charge in [-0.15, -0.1) is 0 Å². The Labute approximate surface area is 66.6 Å². The topological polar surface area (TPSA) is 0 Å². The van der Waals surface area contributed by atoms with Crippen LogP contribution in [0.3, 0.4) is 0 Å². The fraction of sp³-hybridized carbons (Fsp3) is 0.556. The highest BCUT2D eigenvalue weighted by Crippen LogP contribution is 2.26. The van der Waals surface area contributed by atoms with Gasteiger partial charge in [-0.2, -0.15) is 0 Å². The van der Waals surface area contributed by atoms with Crippen LogP contribution in [0.5, 0.6) is 0 Å². The molecule has 0 fully saturated rings. The maximum absolute atomic E-state index is 12.4. The highest BCUT2D eigenvalue weighted by atomic mass is 19.2. The van der Waals surface area contributed by atoms with Gasteiger partial charge in [-0.1, -0.05) is 13.8 Å². The number of halogens is 2. The third-order valence-corrected chi connectivity index (χ3v) is 1.43. The molecule has 11 heavy (non-hydrogen) atoms. The normalized spacial score (nSPS) is 17.0. The lowest BCUT2D eigenvalue weighted by molar-refractivity contribution is 0.520. The average molecular weight is 160 g/mol. The minimum Gasteiger partial charge on any atom is -0.204 e. The summed E-state index contributed by atoms with van der Waals surface area (Å²) in [5, 5.41) is 0. The van der Waals surface area contributed by atoms with Crippen LogP contribution in [0, 0.1) is 0 Å². The molecular weight excluding hydrogens is 146 g/mol. The highest BCUT2D eigenvalue weighted by molar-refractivity contribution is 5.27. The molecule has 0 aromatic heterocycles. The van der Waals surface area contributed by atoms with Crippen molar-refractivity contribution in [3.8, 4) is 0 Å². The minimum absolute atomic E-state index is 0.523. The van der Waals surface area contributed by atoms with E-state index in [4.69, 9.17) is 0 Å². The largest absolute Gasteiger partial charge is 0.204 e. The summed E-state index contributed by atoms with van der Waals surface area (Å²) in [7, 11) is 0. The van der Waals surface area contributed by atoms with E-state index in [1.54, 1.807) is 6.92 Å². The molecule has 0 radical (unpaired) electrons. The molecule has 0 unspecified atom stereocenters. The first-order chi connectivity index (χ1) is 5.22. The van der Waals surface area contributed by atoms with Gasteiger partial charge in [0.1, 0.15) is 0 Å². The van der Waals surface area contributed by atoms with Gasteiger partial charge in [-0.3, -0.25) is 0 Å². The summed E-state index contributed by atoms with van der Waals surface area (Å²) in [4.78, 5) is 0. The summed E-state index contributed by atoms with van der Waals surface area (Å²) in [6.45, 7) is 5.61. The maximum atomic E-state index is 12.4. The predicted molar refractivity (Wildman–Crippen MR) is 43.6 cm³/mol. The summed E-state index contributed by atoms with van der Waals surface area (Å²) in [6, 6.07) is 0. The molecule has 0 heterocycles. The Bertz CT molecular complexity index is 178. The molecule has 0 saturated carbocycles. The second-order valence-corrected chi connectivity index (χ2v) is 2.19. The van der Waals surface area contributed by atoms with Crippen LogP contribution in [-0.2, 0) is 0 Å². The Morgan fingerprint density at radius 1 is 1.27 bits per heavy atom. The number of allylic oxidation sites excluding steroid dienone is 4. The molecule has 0 aromatic rings. The molecule has 0 N–H and O–H groups in total. The van der Waals surface area contributed by atoms with Crippen LogP contribution in [0.4, 0.5) is 8.78 Å². The lowest BCUT2D eigenvalue weighted by Crippen LogP contribution is -1.90. The number of rotatable bonds is 0. The summed E-state index contributed by atoms with van der Waals surface area (Å²) < 4.78 is 24.7. The van der Waals surface area contributed by atoms with Crippen LogP contribution in [0.15, 0.2) is 23.3 Å². The zero-order valence-electron chi connectivity index (χ0n) is 7.25. The zero-order valence-corrected chi connectivity index (χ0v) is 7.25. The molecule has 0 saturated heterocycles. The fourth-order valence-corrected chi connectivity index (χ4v) is 0.819. The first-order valence-corrected chi connectivity index (χ1v) is 3.93. The molecule has 0 atom stereocenters. The standard InChI is InChI=1S/C7H8F2.C2H6/c1-5-3-2-4-6(8)7(5)9;1-2/h4H,2-3H2,1H3;1-2H3. The quantitative estimate of drug-likeness (QED) is 0.504. The molecule has 0 bridgehead atoms. The van der Waals surface area contributed by atoms with Gasteiger partial charge in [0.05, 0.1) is 0 Å². The summed E-state index contributed by atoms with van der Waals surface area (Å²) in [5.74, 6) is -1.36. The SMILES string of the molecule is CC.CC1=C(F)C(F)=CCC1. The van der Waals surface area contributed by atoms with Gasteiger partial charge in [-0.25, -0.2) is 8.78 Å². The van der Waals surface area contributed by atoms with E-state index >= 15 is 0 Å². The molecule has 0 nitrogen and oxygen atoms in total. The number of hydrogen-bond acceptors (Lipinski definition) is 0. The van der Waals surface area contributed by atoms with Crippen LogP contribution in [-0.4, -0.2) is 0 Å². The number of hydrogen-bond donors (Lipinski definition) is 0. The van der Waals surface area contributed by atoms with Gasteiger partial charge in [0.25, 0.3) is 0 Å². The van der Waals surface area contributed by atoms with Gasteiger partial charge in [0.15, 0.2) is 11.7 Å². The van der Waals surface area contributed by atoms with Crippen molar-refractivity contribution in [2.75, 3.05) is 0 Å². The van der Waals surface area contributed by atoms with Crippen molar-refractivity contribution >= 4 is 0 Å². The Kier molecular flexibility index (Phi) is 4.75. The van der Waals surface area contributed by atoms with Crippen molar-refractivity contribution < 1.29 is 8.78 Å². The van der Waals surface area contributed by atoms with Crippen molar-refractivity contribution in [3.63, 3.8) is 0 Å². The molecule has 1 aliphatic carbocycles. The van der Waals surface area contributed by atoms with E-state index in [2.05, 4.69) is 0 Å². The second kappa shape index (κ2) is 5.05. The van der Waals surface area contributed by atoms with Crippen LogP contribution in [0.1, 0.15) is 33.6 Å². The Hall–Kier alpha value is -0.660. The predicted octanol–water partition coefficient (Wildman–Crippen LogP) is 3.90. The van der Waals surface area contributed by atoms with Crippen molar-refractivity contribution in [1.29, 1.82) is 0 Å². The van der Waals surface area contributed by atoms with E-state index < -0.39 is 11.7 Å². The van der Waals surface area contributed by atoms with Gasteiger partial charge >= 0.3 is 0 Å². The average Bonchev–Trinajstić information content (AvgIpc) is 2.04. The molecular formula is C9H14F2. The monoisotopic (exact) mass is 160 g/mol. The van der Waals surface area contributed by atoms with E-state index in [9.17, 15) is 8.78 Å². The van der Waals surface area contributed by atoms with Crippen molar-refractivity contribution in [2.24, 2.45) is 0 Å². The molecule has 64 valence electrons. The van der Waals surface area contributed by atoms with Crippen molar-refractivity contribution in [3.05, 3.63) is 23.3 Å². The van der Waals surface area contributed by atoms with E-state index in [0.717, 1.165) is 0 Å². The summed E-state index contributed by atoms with van der Waals surface area (Å²) in [6.07, 6.45) is 2.56. The third-order valence-electron chi connectivity index (χ3n) is 1.43. The Balaban J connectivity index is 0.000000461. The fourth-order valence-electron chi connectivity index (χ4n) is 0.819. The van der Waals surface area contributed by atoms with Gasteiger partial charge in [0.2, 0.25) is 0 Å². The van der Waals surface area contributed by atoms with Gasteiger partial charge < -0.3 is 0 Å². The minimum atomic E-state index is -0.696. The van der Waals surface area contributed by atoms with Gasteiger partial charge in [0, 0.05) is 0 Å². The van der Waals surface area contributed by atoms with Crippen LogP contribution in [0.25, 0.3) is 0 Å². The Morgan fingerprint density at radius 3 is 2.18 bits per heavy atom. The third kappa shape index (κ3) is 2.83. The molecule has 1 aliphatic rings. The van der Waals surface area contributed by atoms with Crippen molar-refractivity contribution in [1.82, 2.24) is 0 Å². The lowest BCUT2D eigenvalue weighted by Gasteiger charge is -2.05. The van der Waals surface area contributed by atoms with E-state index in [0.29, 0.717) is 18.4 Å². The zero-order chi connectivity index (χ0) is 8.85. The highest BCUT2D eigenvalue weighted by Gasteiger charge is 2.11. The van der Waals surface area contributed by atoms with Crippen LogP contribution < -0.4 is 0 Å². The van der Waals surface area contributed by atoms with Gasteiger partial charge in [-0.05, 0) is 31.4 Å². The first-order valence-electron chi connectivity index (χ1n) is 3.93. The van der Waals surface area contributed by atoms with Crippen molar-refractivity contribution in [2.45, 2.75) is 33.6 Å². The second-order valence-electron chi connectivity index (χ2n) is 2.19. The first kappa shape index (κ1) is 10.3. The molecule has 2 heteroatoms. The molecule has 0 amide bonds. The maximum Gasteiger partial charge on any atom is 0.157 e.